The van der Waals surface area contributed by atoms with Gasteiger partial charge in [-0.05, 0) is 0 Å². The molecule has 0 heterocycles. The summed E-state index contributed by atoms with van der Waals surface area (Å²) in [7, 11) is 0. The summed E-state index contributed by atoms with van der Waals surface area (Å²) in [5, 5.41) is 9.24. The van der Waals surface area contributed by atoms with Crippen molar-refractivity contribution < 1.29 is 14.3 Å². The molecule has 4 aromatic carbocycles. The summed E-state index contributed by atoms with van der Waals surface area (Å²) in [6.07, 6.45) is 0.302. The molecule has 0 aliphatic rings. The molecule has 0 saturated heterocycles. The van der Waals surface area contributed by atoms with Gasteiger partial charge in [0.05, 0.1) is 0 Å². The van der Waals surface area contributed by atoms with Crippen molar-refractivity contribution in [2.45, 2.75) is 6.16 Å². The monoisotopic (exact) mass is 494 g/mol. The molecule has 0 amide bonds. The van der Waals surface area contributed by atoms with Gasteiger partial charge in [-0.2, -0.15) is 0 Å². The summed E-state index contributed by atoms with van der Waals surface area (Å²) in [4.78, 5) is 11.6. The van der Waals surface area contributed by atoms with Crippen LogP contribution >= 0.6 is 20.8 Å². The van der Waals surface area contributed by atoms with Crippen LogP contribution in [-0.2, 0) is 6.16 Å². The second kappa shape index (κ2) is 8.37. The number of carboxylic acids is 1. The fraction of sp³-hybridized carbons (Fsp3) is 0.0385. The van der Waals surface area contributed by atoms with Gasteiger partial charge in [0.25, 0.3) is 0 Å². The molecule has 5 heteroatoms. The summed E-state index contributed by atoms with van der Waals surface area (Å²) in [6.45, 7) is 0. The third kappa shape index (κ3) is 3.71. The van der Waals surface area contributed by atoms with Crippen molar-refractivity contribution in [1.29, 1.82) is 0 Å². The molecule has 0 bridgehead atoms. The zero-order valence-corrected chi connectivity index (χ0v) is 19.1. The van der Waals surface area contributed by atoms with E-state index >= 15 is 4.39 Å². The van der Waals surface area contributed by atoms with Gasteiger partial charge < -0.3 is 0 Å². The fourth-order valence-electron chi connectivity index (χ4n) is 4.09. The molecule has 0 radical (unpaired) electrons. The summed E-state index contributed by atoms with van der Waals surface area (Å²) < 4.78 is 15.1. The maximum absolute atomic E-state index is 15.1. The summed E-state index contributed by atoms with van der Waals surface area (Å²) >= 11 is 4.27. The van der Waals surface area contributed by atoms with Crippen molar-refractivity contribution in [3.63, 3.8) is 0 Å². The van der Waals surface area contributed by atoms with Gasteiger partial charge in [-0.15, -0.1) is 0 Å². The van der Waals surface area contributed by atoms with Gasteiger partial charge in [-0.3, -0.25) is 0 Å². The first-order valence-electron chi connectivity index (χ1n) is 9.85. The van der Waals surface area contributed by atoms with E-state index in [1.165, 1.54) is 18.2 Å². The molecule has 0 aliphatic heterocycles. The van der Waals surface area contributed by atoms with E-state index in [-0.39, 0.29) is 5.56 Å². The van der Waals surface area contributed by atoms with Gasteiger partial charge in [0, 0.05) is 0 Å². The van der Waals surface area contributed by atoms with Gasteiger partial charge >= 0.3 is 189 Å². The zero-order valence-electron chi connectivity index (χ0n) is 16.7. The average molecular weight is 495 g/mol. The van der Waals surface area contributed by atoms with Crippen LogP contribution in [0.25, 0.3) is 0 Å². The SMILES string of the molecule is O=C(O)c1ccc(F)c(CP(Br)(c2ccccc2)(c2ccccc2)c2ccccc2)c1. The molecular weight excluding hydrogens is 474 g/mol. The van der Waals surface area contributed by atoms with E-state index in [1.807, 2.05) is 54.6 Å². The van der Waals surface area contributed by atoms with Crippen LogP contribution in [0.15, 0.2) is 109 Å². The Kier molecular flexibility index (Phi) is 5.79. The third-order valence-electron chi connectivity index (χ3n) is 5.64. The Morgan fingerprint density at radius 2 is 1.16 bits per heavy atom. The standard InChI is InChI=1S/C26H21BrFO2P/c27-31(22-10-4-1-5-11-22,23-12-6-2-7-13-23,24-14-8-3-9-15-24)19-21-18-20(26(29)30)16-17-25(21)28/h1-18H,19H2,(H,29,30). The topological polar surface area (TPSA) is 37.3 Å². The van der Waals surface area contributed by atoms with Crippen molar-refractivity contribution >= 4 is 42.7 Å². The Balaban J connectivity index is 2.09. The Bertz CT molecular complexity index is 1110. The van der Waals surface area contributed by atoms with Crippen molar-refractivity contribution in [2.24, 2.45) is 0 Å². The molecule has 2 nitrogen and oxygen atoms in total. The molecule has 0 aromatic heterocycles. The van der Waals surface area contributed by atoms with E-state index in [2.05, 4.69) is 51.9 Å². The van der Waals surface area contributed by atoms with Crippen LogP contribution in [0.5, 0.6) is 0 Å². The number of carboxylic acid groups (broad SMARTS) is 1. The van der Waals surface area contributed by atoms with E-state index < -0.39 is 17.1 Å². The van der Waals surface area contributed by atoms with E-state index in [0.717, 1.165) is 15.9 Å². The Labute approximate surface area is 189 Å². The number of carbonyl (C=O) groups is 1. The number of rotatable bonds is 6. The molecule has 0 spiro atoms. The Morgan fingerprint density at radius 3 is 1.55 bits per heavy atom. The third-order valence-corrected chi connectivity index (χ3v) is 15.1. The summed E-state index contributed by atoms with van der Waals surface area (Å²) in [5.74, 6) is -1.49. The molecule has 0 fully saturated rings. The van der Waals surface area contributed by atoms with Gasteiger partial charge in [0.1, 0.15) is 0 Å². The molecule has 31 heavy (non-hydrogen) atoms. The first kappa shape index (κ1) is 21.4. The van der Waals surface area contributed by atoms with Gasteiger partial charge in [-0.1, -0.05) is 0 Å². The molecule has 1 N–H and O–H groups in total. The van der Waals surface area contributed by atoms with Crippen molar-refractivity contribution in [1.82, 2.24) is 0 Å². The van der Waals surface area contributed by atoms with E-state index in [0.29, 0.717) is 11.7 Å². The fourth-order valence-corrected chi connectivity index (χ4v) is 11.7. The number of halogens is 2. The number of hydrogen-bond acceptors (Lipinski definition) is 1. The minimum absolute atomic E-state index is 0.0724. The summed E-state index contributed by atoms with van der Waals surface area (Å²) in [6, 6.07) is 34.1. The van der Waals surface area contributed by atoms with Crippen LogP contribution in [0.1, 0.15) is 15.9 Å². The Morgan fingerprint density at radius 1 is 0.742 bits per heavy atom. The van der Waals surface area contributed by atoms with Crippen LogP contribution in [0.3, 0.4) is 0 Å². The van der Waals surface area contributed by atoms with E-state index in [1.54, 1.807) is 0 Å². The van der Waals surface area contributed by atoms with Gasteiger partial charge in [-0.25, -0.2) is 0 Å². The predicted octanol–water partition coefficient (Wildman–Crippen LogP) is 5.86. The number of benzene rings is 4. The second-order valence-electron chi connectivity index (χ2n) is 7.46. The minimum atomic E-state index is -3.39. The van der Waals surface area contributed by atoms with Crippen LogP contribution in [0.4, 0.5) is 4.39 Å². The molecule has 0 unspecified atom stereocenters. The molecule has 156 valence electrons. The summed E-state index contributed by atoms with van der Waals surface area (Å²) in [5.41, 5.74) is 0.439. The molecular formula is C26H21BrFO2P. The zero-order chi connectivity index (χ0) is 21.9. The second-order valence-corrected chi connectivity index (χ2v) is 16.4. The number of hydrogen-bond donors (Lipinski definition) is 1. The van der Waals surface area contributed by atoms with Crippen molar-refractivity contribution in [3.8, 4) is 0 Å². The quantitative estimate of drug-likeness (QED) is 0.340. The van der Waals surface area contributed by atoms with Gasteiger partial charge in [0.15, 0.2) is 0 Å². The van der Waals surface area contributed by atoms with Crippen LogP contribution in [0, 0.1) is 5.82 Å². The van der Waals surface area contributed by atoms with Crippen molar-refractivity contribution in [3.05, 3.63) is 126 Å². The van der Waals surface area contributed by atoms with Crippen molar-refractivity contribution in [2.75, 3.05) is 0 Å². The molecule has 4 aromatic rings. The molecule has 0 saturated carbocycles. The molecule has 0 atom stereocenters. The molecule has 0 aliphatic carbocycles. The van der Waals surface area contributed by atoms with Crippen LogP contribution < -0.4 is 15.9 Å². The first-order valence-corrected chi connectivity index (χ1v) is 14.3. The Hall–Kier alpha value is -2.81. The maximum atomic E-state index is 15.1. The molecule has 4 rings (SSSR count). The first-order chi connectivity index (χ1) is 14.9. The van der Waals surface area contributed by atoms with Crippen LogP contribution in [0.2, 0.25) is 0 Å². The average Bonchev–Trinajstić information content (AvgIpc) is 2.82. The van der Waals surface area contributed by atoms with E-state index in [4.69, 9.17) is 0 Å². The van der Waals surface area contributed by atoms with Crippen LogP contribution in [-0.4, -0.2) is 11.1 Å². The van der Waals surface area contributed by atoms with E-state index in [9.17, 15) is 9.90 Å². The predicted molar refractivity (Wildman–Crippen MR) is 131 cm³/mol. The van der Waals surface area contributed by atoms with Gasteiger partial charge in [0.2, 0.25) is 0 Å². The number of aromatic carboxylic acids is 1. The normalized spacial score (nSPS) is 12.6.